The number of hydrogen-bond donors (Lipinski definition) is 7. The molecule has 0 bridgehead atoms. The zero-order valence-electron chi connectivity index (χ0n) is 15.0. The summed E-state index contributed by atoms with van der Waals surface area (Å²) in [7, 11) is 0. The van der Waals surface area contributed by atoms with Gasteiger partial charge in [0.05, 0.1) is 31.2 Å². The lowest BCUT2D eigenvalue weighted by atomic mass is 9.45. The van der Waals surface area contributed by atoms with Gasteiger partial charge in [0.15, 0.2) is 0 Å². The van der Waals surface area contributed by atoms with E-state index in [1.165, 1.54) is 0 Å². The van der Waals surface area contributed by atoms with Crippen LogP contribution in [0, 0.1) is 11.3 Å². The largest absolute Gasteiger partial charge is 0.481 e. The van der Waals surface area contributed by atoms with E-state index in [0.717, 1.165) is 0 Å². The maximum atomic E-state index is 11.6. The maximum Gasteiger partial charge on any atom is 0.305 e. The summed E-state index contributed by atoms with van der Waals surface area (Å²) >= 11 is 0. The van der Waals surface area contributed by atoms with Gasteiger partial charge in [-0.1, -0.05) is 0 Å². The summed E-state index contributed by atoms with van der Waals surface area (Å²) in [6.45, 7) is 0. The van der Waals surface area contributed by atoms with Crippen LogP contribution in [-0.4, -0.2) is 66.5 Å². The predicted molar refractivity (Wildman–Crippen MR) is 90.3 cm³/mol. The Hall–Kier alpha value is -2.73. The summed E-state index contributed by atoms with van der Waals surface area (Å²) in [5.41, 5.74) is 6.18. The second kappa shape index (κ2) is 8.10. The second-order valence-electron chi connectivity index (χ2n) is 7.40. The van der Waals surface area contributed by atoms with Gasteiger partial charge in [0, 0.05) is 17.4 Å². The highest BCUT2D eigenvalue weighted by atomic mass is 16.4. The highest BCUT2D eigenvalue weighted by Crippen LogP contribution is 2.58. The lowest BCUT2D eigenvalue weighted by molar-refractivity contribution is -0.168. The van der Waals surface area contributed by atoms with E-state index in [2.05, 4.69) is 0 Å². The molecular weight excluding hydrogens is 380 g/mol. The van der Waals surface area contributed by atoms with Gasteiger partial charge in [-0.05, 0) is 18.8 Å². The van der Waals surface area contributed by atoms with Crippen molar-refractivity contribution < 1.29 is 49.5 Å². The second-order valence-corrected chi connectivity index (χ2v) is 7.40. The molecule has 0 aliphatic heterocycles. The van der Waals surface area contributed by atoms with Gasteiger partial charge in [-0.3, -0.25) is 24.0 Å². The molecular formula is C16H24N2O10. The third-order valence-corrected chi connectivity index (χ3v) is 5.75. The predicted octanol–water partition coefficient (Wildman–Crippen LogP) is -0.849. The van der Waals surface area contributed by atoms with Crippen molar-refractivity contribution in [1.82, 2.24) is 0 Å². The monoisotopic (exact) mass is 404 g/mol. The lowest BCUT2D eigenvalue weighted by Crippen LogP contribution is -2.78. The normalized spacial score (nSPS) is 29.0. The van der Waals surface area contributed by atoms with Crippen LogP contribution >= 0.6 is 0 Å². The minimum Gasteiger partial charge on any atom is -0.481 e. The maximum absolute atomic E-state index is 11.6. The van der Waals surface area contributed by atoms with E-state index in [9.17, 15) is 49.5 Å². The molecule has 1 aliphatic rings. The number of nitrogens with two attached hydrogens (primary N) is 2. The minimum atomic E-state index is -2.31. The summed E-state index contributed by atoms with van der Waals surface area (Å²) in [6.07, 6.45) is -4.79. The van der Waals surface area contributed by atoms with Crippen molar-refractivity contribution in [2.45, 2.75) is 56.0 Å². The van der Waals surface area contributed by atoms with Crippen LogP contribution < -0.4 is 11.5 Å². The molecule has 12 heteroatoms. The van der Waals surface area contributed by atoms with Crippen molar-refractivity contribution in [1.29, 1.82) is 0 Å². The molecule has 3 atom stereocenters. The van der Waals surface area contributed by atoms with Crippen LogP contribution in [0.3, 0.4) is 0 Å². The molecule has 0 aromatic rings. The van der Waals surface area contributed by atoms with E-state index in [-0.39, 0.29) is 12.8 Å². The molecule has 28 heavy (non-hydrogen) atoms. The number of aliphatic carboxylic acids is 5. The van der Waals surface area contributed by atoms with Crippen molar-refractivity contribution in [2.75, 3.05) is 0 Å². The molecule has 0 radical (unpaired) electrons. The Kier molecular flexibility index (Phi) is 6.75. The highest BCUT2D eigenvalue weighted by molar-refractivity contribution is 5.77. The van der Waals surface area contributed by atoms with Gasteiger partial charge in [-0.2, -0.15) is 0 Å². The van der Waals surface area contributed by atoms with Gasteiger partial charge in [-0.15, -0.1) is 0 Å². The van der Waals surface area contributed by atoms with Gasteiger partial charge < -0.3 is 37.0 Å². The highest BCUT2D eigenvalue weighted by Gasteiger charge is 2.67. The molecule has 0 saturated heterocycles. The van der Waals surface area contributed by atoms with Crippen LogP contribution in [0.15, 0.2) is 0 Å². The molecule has 0 aromatic carbocycles. The summed E-state index contributed by atoms with van der Waals surface area (Å²) in [5, 5.41) is 46.6. The van der Waals surface area contributed by atoms with Crippen molar-refractivity contribution >= 4 is 29.8 Å². The first-order valence-corrected chi connectivity index (χ1v) is 8.36. The topological polar surface area (TPSA) is 239 Å². The lowest BCUT2D eigenvalue weighted by Gasteiger charge is -2.62. The van der Waals surface area contributed by atoms with Gasteiger partial charge >= 0.3 is 29.8 Å². The van der Waals surface area contributed by atoms with Crippen LogP contribution in [0.4, 0.5) is 0 Å². The molecule has 1 unspecified atom stereocenters. The van der Waals surface area contributed by atoms with Gasteiger partial charge in [0.25, 0.3) is 0 Å². The van der Waals surface area contributed by atoms with Crippen molar-refractivity contribution in [3.8, 4) is 0 Å². The van der Waals surface area contributed by atoms with E-state index in [0.29, 0.717) is 0 Å². The number of hydrogen-bond acceptors (Lipinski definition) is 7. The van der Waals surface area contributed by atoms with Crippen molar-refractivity contribution in [3.05, 3.63) is 0 Å². The van der Waals surface area contributed by atoms with Crippen molar-refractivity contribution in [3.63, 3.8) is 0 Å². The third-order valence-electron chi connectivity index (χ3n) is 5.75. The number of carbonyl (C=O) groups is 5. The SMILES string of the molecule is N[C@]1(CC(=O)O)CCC(CC(=O)O)C(CC(=O)O)(CC(=O)O)[C@]1(N)CC(=O)O. The molecule has 0 spiro atoms. The minimum absolute atomic E-state index is 0.116. The van der Waals surface area contributed by atoms with E-state index in [1.54, 1.807) is 0 Å². The average molecular weight is 404 g/mol. The average Bonchev–Trinajstić information content (AvgIpc) is 2.46. The molecule has 1 fully saturated rings. The Morgan fingerprint density at radius 1 is 0.714 bits per heavy atom. The van der Waals surface area contributed by atoms with Crippen molar-refractivity contribution in [2.24, 2.45) is 22.8 Å². The fourth-order valence-corrected chi connectivity index (χ4v) is 4.61. The Balaban J connectivity index is 3.81. The fraction of sp³-hybridized carbons (Fsp3) is 0.688. The molecule has 0 amide bonds. The Morgan fingerprint density at radius 3 is 1.50 bits per heavy atom. The molecule has 158 valence electrons. The molecule has 1 saturated carbocycles. The summed E-state index contributed by atoms with van der Waals surface area (Å²) in [4.78, 5) is 57.4. The van der Waals surface area contributed by atoms with Crippen LogP contribution in [0.25, 0.3) is 0 Å². The summed E-state index contributed by atoms with van der Waals surface area (Å²) in [5.74, 6) is -8.52. The van der Waals surface area contributed by atoms with E-state index in [4.69, 9.17) is 11.5 Å². The van der Waals surface area contributed by atoms with Gasteiger partial charge in [0.1, 0.15) is 0 Å². The van der Waals surface area contributed by atoms with E-state index in [1.807, 2.05) is 0 Å². The molecule has 9 N–H and O–H groups in total. The van der Waals surface area contributed by atoms with Gasteiger partial charge in [0.2, 0.25) is 0 Å². The third kappa shape index (κ3) is 4.39. The van der Waals surface area contributed by atoms with Crippen LogP contribution in [0.1, 0.15) is 44.9 Å². The Labute approximate surface area is 159 Å². The fourth-order valence-electron chi connectivity index (χ4n) is 4.61. The first-order chi connectivity index (χ1) is 12.7. The standard InChI is InChI=1S/C16H24N2O10/c17-15(6-12(25)26)2-1-8(3-9(19)20)14(4-10(21)22,5-11(23)24)16(15,18)7-13(27)28/h8H,1-7,17-18H2,(H,19,20)(H,21,22)(H,23,24)(H,25,26)(H,27,28)/t8?,15-,16+/m0/s1. The Morgan fingerprint density at radius 2 is 1.14 bits per heavy atom. The van der Waals surface area contributed by atoms with E-state index >= 15 is 0 Å². The number of carboxylic acid groups (broad SMARTS) is 5. The molecule has 12 nitrogen and oxygen atoms in total. The van der Waals surface area contributed by atoms with E-state index < -0.39 is 84.4 Å². The molecule has 0 heterocycles. The number of rotatable bonds is 10. The number of carboxylic acids is 5. The van der Waals surface area contributed by atoms with Crippen LogP contribution in [0.2, 0.25) is 0 Å². The zero-order valence-corrected chi connectivity index (χ0v) is 15.0. The zero-order chi connectivity index (χ0) is 21.9. The molecule has 0 aromatic heterocycles. The van der Waals surface area contributed by atoms with Crippen LogP contribution in [-0.2, 0) is 24.0 Å². The first-order valence-electron chi connectivity index (χ1n) is 8.36. The smallest absolute Gasteiger partial charge is 0.305 e. The molecule has 1 aliphatic carbocycles. The summed E-state index contributed by atoms with van der Waals surface area (Å²) < 4.78 is 0. The summed E-state index contributed by atoms with van der Waals surface area (Å²) in [6, 6.07) is 0. The first kappa shape index (κ1) is 23.3. The Bertz CT molecular complexity index is 677. The van der Waals surface area contributed by atoms with Crippen LogP contribution in [0.5, 0.6) is 0 Å². The van der Waals surface area contributed by atoms with Gasteiger partial charge in [-0.25, -0.2) is 0 Å². The molecule has 1 rings (SSSR count). The quantitative estimate of drug-likeness (QED) is 0.235.